The average Bonchev–Trinajstić information content (AvgIpc) is 2.45. The van der Waals surface area contributed by atoms with E-state index < -0.39 is 0 Å². The molecule has 1 aromatic rings. The van der Waals surface area contributed by atoms with Crippen LogP contribution in [-0.2, 0) is 9.53 Å². The Morgan fingerprint density at radius 1 is 1.50 bits per heavy atom. The van der Waals surface area contributed by atoms with Gasteiger partial charge in [-0.2, -0.15) is 0 Å². The van der Waals surface area contributed by atoms with Gasteiger partial charge in [-0.25, -0.2) is 9.18 Å². The summed E-state index contributed by atoms with van der Waals surface area (Å²) >= 11 is 0. The standard InChI is InChI=1S/C18H26FNO2/c1-6-7-16(17(21)22-5)20-15-9-8-13(19)10-14(15)12(2)11-18(20,3)4/h8-10,12,16H,6-7,11H2,1-5H3/t12-,16+/m1/s1. The number of carbonyl (C=O) groups excluding carboxylic acids is 1. The van der Waals surface area contributed by atoms with Crippen LogP contribution in [0.4, 0.5) is 10.1 Å². The second-order valence-electron chi connectivity index (χ2n) is 6.82. The first-order chi connectivity index (χ1) is 10.3. The normalized spacial score (nSPS) is 21.2. The number of halogens is 1. The summed E-state index contributed by atoms with van der Waals surface area (Å²) in [5.41, 5.74) is 1.75. The molecule has 1 aromatic carbocycles. The molecule has 4 heteroatoms. The first kappa shape index (κ1) is 16.8. The number of anilines is 1. The molecule has 0 aliphatic carbocycles. The largest absolute Gasteiger partial charge is 0.467 e. The summed E-state index contributed by atoms with van der Waals surface area (Å²) in [6, 6.07) is 4.54. The quantitative estimate of drug-likeness (QED) is 0.778. The SMILES string of the molecule is CCC[C@@H](C(=O)OC)N1c2ccc(F)cc2[C@H](C)CC1(C)C. The Labute approximate surface area is 132 Å². The summed E-state index contributed by atoms with van der Waals surface area (Å²) in [5.74, 6) is -0.188. The van der Waals surface area contributed by atoms with E-state index in [-0.39, 0.29) is 29.3 Å². The monoisotopic (exact) mass is 307 g/mol. The van der Waals surface area contributed by atoms with Gasteiger partial charge >= 0.3 is 5.97 Å². The molecule has 0 spiro atoms. The Kier molecular flexibility index (Phi) is 4.78. The summed E-state index contributed by atoms with van der Waals surface area (Å²) in [6.07, 6.45) is 2.49. The van der Waals surface area contributed by atoms with Gasteiger partial charge < -0.3 is 9.64 Å². The molecule has 2 rings (SSSR count). The molecule has 22 heavy (non-hydrogen) atoms. The lowest BCUT2D eigenvalue weighted by molar-refractivity contribution is -0.142. The first-order valence-electron chi connectivity index (χ1n) is 7.98. The summed E-state index contributed by atoms with van der Waals surface area (Å²) < 4.78 is 18.7. The number of carbonyl (C=O) groups is 1. The molecule has 0 saturated carbocycles. The summed E-state index contributed by atoms with van der Waals surface area (Å²) in [7, 11) is 1.43. The number of hydrogen-bond acceptors (Lipinski definition) is 3. The second kappa shape index (κ2) is 6.27. The van der Waals surface area contributed by atoms with Crippen LogP contribution in [0.5, 0.6) is 0 Å². The van der Waals surface area contributed by atoms with Gasteiger partial charge in [0.05, 0.1) is 7.11 Å². The number of methoxy groups -OCH3 is 1. The number of fused-ring (bicyclic) bond motifs is 1. The highest BCUT2D eigenvalue weighted by molar-refractivity contribution is 5.81. The maximum atomic E-state index is 13.7. The number of esters is 1. The summed E-state index contributed by atoms with van der Waals surface area (Å²) in [5, 5.41) is 0. The zero-order chi connectivity index (χ0) is 16.5. The second-order valence-corrected chi connectivity index (χ2v) is 6.82. The highest BCUT2D eigenvalue weighted by Gasteiger charge is 2.42. The fourth-order valence-electron chi connectivity index (χ4n) is 3.77. The predicted molar refractivity (Wildman–Crippen MR) is 86.7 cm³/mol. The van der Waals surface area contributed by atoms with Crippen LogP contribution in [0.2, 0.25) is 0 Å². The highest BCUT2D eigenvalue weighted by Crippen LogP contribution is 2.45. The predicted octanol–water partition coefficient (Wildman–Crippen LogP) is 4.26. The van der Waals surface area contributed by atoms with Gasteiger partial charge in [-0.15, -0.1) is 0 Å². The van der Waals surface area contributed by atoms with Crippen molar-refractivity contribution in [3.05, 3.63) is 29.6 Å². The van der Waals surface area contributed by atoms with Crippen LogP contribution in [0, 0.1) is 5.82 Å². The molecule has 1 aliphatic rings. The van der Waals surface area contributed by atoms with E-state index in [0.29, 0.717) is 0 Å². The zero-order valence-electron chi connectivity index (χ0n) is 14.1. The van der Waals surface area contributed by atoms with E-state index >= 15 is 0 Å². The van der Waals surface area contributed by atoms with E-state index in [4.69, 9.17) is 4.74 Å². The van der Waals surface area contributed by atoms with Crippen LogP contribution in [-0.4, -0.2) is 24.7 Å². The van der Waals surface area contributed by atoms with E-state index in [1.165, 1.54) is 13.2 Å². The van der Waals surface area contributed by atoms with Crippen LogP contribution in [0.1, 0.15) is 58.4 Å². The fourth-order valence-corrected chi connectivity index (χ4v) is 3.77. The van der Waals surface area contributed by atoms with Crippen molar-refractivity contribution in [3.63, 3.8) is 0 Å². The molecular weight excluding hydrogens is 281 g/mol. The third-order valence-electron chi connectivity index (χ3n) is 4.58. The Hall–Kier alpha value is -1.58. The van der Waals surface area contributed by atoms with Crippen molar-refractivity contribution >= 4 is 11.7 Å². The average molecular weight is 307 g/mol. The summed E-state index contributed by atoms with van der Waals surface area (Å²) in [6.45, 7) is 8.45. The maximum Gasteiger partial charge on any atom is 0.328 e. The number of benzene rings is 1. The zero-order valence-corrected chi connectivity index (χ0v) is 14.1. The first-order valence-corrected chi connectivity index (χ1v) is 7.98. The minimum Gasteiger partial charge on any atom is -0.467 e. The molecule has 0 N–H and O–H groups in total. The van der Waals surface area contributed by atoms with E-state index in [1.807, 2.05) is 0 Å². The van der Waals surface area contributed by atoms with Crippen molar-refractivity contribution in [2.75, 3.05) is 12.0 Å². The van der Waals surface area contributed by atoms with Gasteiger partial charge in [0.15, 0.2) is 0 Å². The van der Waals surface area contributed by atoms with Gasteiger partial charge in [-0.05, 0) is 56.4 Å². The van der Waals surface area contributed by atoms with Crippen molar-refractivity contribution in [1.29, 1.82) is 0 Å². The third-order valence-corrected chi connectivity index (χ3v) is 4.58. The molecule has 1 aliphatic heterocycles. The van der Waals surface area contributed by atoms with Gasteiger partial charge in [-0.3, -0.25) is 0 Å². The number of hydrogen-bond donors (Lipinski definition) is 0. The van der Waals surface area contributed by atoms with Crippen molar-refractivity contribution < 1.29 is 13.9 Å². The molecule has 122 valence electrons. The maximum absolute atomic E-state index is 13.7. The van der Waals surface area contributed by atoms with E-state index in [2.05, 4.69) is 32.6 Å². The van der Waals surface area contributed by atoms with Crippen LogP contribution in [0.15, 0.2) is 18.2 Å². The van der Waals surface area contributed by atoms with Gasteiger partial charge in [0, 0.05) is 11.2 Å². The lowest BCUT2D eigenvalue weighted by atomic mass is 9.78. The minimum atomic E-state index is -0.332. The molecule has 0 radical (unpaired) electrons. The molecule has 0 unspecified atom stereocenters. The van der Waals surface area contributed by atoms with Crippen LogP contribution in [0.3, 0.4) is 0 Å². The molecular formula is C18H26FNO2. The Bertz CT molecular complexity index is 556. The Morgan fingerprint density at radius 2 is 2.18 bits per heavy atom. The smallest absolute Gasteiger partial charge is 0.328 e. The summed E-state index contributed by atoms with van der Waals surface area (Å²) in [4.78, 5) is 14.4. The Morgan fingerprint density at radius 3 is 2.77 bits per heavy atom. The Balaban J connectivity index is 2.56. The van der Waals surface area contributed by atoms with Gasteiger partial charge in [-0.1, -0.05) is 20.3 Å². The minimum absolute atomic E-state index is 0.182. The number of ether oxygens (including phenoxy) is 1. The van der Waals surface area contributed by atoms with E-state index in [1.54, 1.807) is 12.1 Å². The van der Waals surface area contributed by atoms with Gasteiger partial charge in [0.2, 0.25) is 0 Å². The highest BCUT2D eigenvalue weighted by atomic mass is 19.1. The number of rotatable bonds is 4. The molecule has 0 fully saturated rings. The lowest BCUT2D eigenvalue weighted by Gasteiger charge is -2.50. The van der Waals surface area contributed by atoms with Crippen LogP contribution < -0.4 is 4.90 Å². The molecule has 0 amide bonds. The molecule has 1 heterocycles. The molecule has 2 atom stereocenters. The van der Waals surface area contributed by atoms with Crippen molar-refractivity contribution in [2.24, 2.45) is 0 Å². The van der Waals surface area contributed by atoms with Gasteiger partial charge in [0.1, 0.15) is 11.9 Å². The van der Waals surface area contributed by atoms with Crippen molar-refractivity contribution in [1.82, 2.24) is 0 Å². The van der Waals surface area contributed by atoms with Gasteiger partial charge in [0.25, 0.3) is 0 Å². The van der Waals surface area contributed by atoms with Crippen LogP contribution in [0.25, 0.3) is 0 Å². The number of nitrogens with zero attached hydrogens (tertiary/aromatic N) is 1. The van der Waals surface area contributed by atoms with E-state index in [0.717, 1.165) is 30.5 Å². The molecule has 3 nitrogen and oxygen atoms in total. The van der Waals surface area contributed by atoms with Crippen molar-refractivity contribution in [2.45, 2.75) is 64.5 Å². The van der Waals surface area contributed by atoms with Crippen molar-refractivity contribution in [3.8, 4) is 0 Å². The fraction of sp³-hybridized carbons (Fsp3) is 0.611. The molecule has 0 saturated heterocycles. The third kappa shape index (κ3) is 2.96. The molecule has 0 bridgehead atoms. The van der Waals surface area contributed by atoms with Crippen LogP contribution >= 0.6 is 0 Å². The lowest BCUT2D eigenvalue weighted by Crippen LogP contribution is -2.56. The van der Waals surface area contributed by atoms with E-state index in [9.17, 15) is 9.18 Å². The topological polar surface area (TPSA) is 29.5 Å². The molecule has 0 aromatic heterocycles.